The molecule has 0 bridgehead atoms. The highest BCUT2D eigenvalue weighted by molar-refractivity contribution is 5.95. The van der Waals surface area contributed by atoms with Gasteiger partial charge in [0, 0.05) is 49.5 Å². The van der Waals surface area contributed by atoms with Gasteiger partial charge in [0.25, 0.3) is 0 Å². The van der Waals surface area contributed by atoms with Gasteiger partial charge in [0.05, 0.1) is 12.3 Å². The molecular formula is C29H32N4O. The van der Waals surface area contributed by atoms with Crippen molar-refractivity contribution in [3.63, 3.8) is 0 Å². The number of piperazine rings is 1. The summed E-state index contributed by atoms with van der Waals surface area (Å²) in [7, 11) is 0. The van der Waals surface area contributed by atoms with E-state index >= 15 is 0 Å². The number of aryl methyl sites for hydroxylation is 1. The molecule has 0 unspecified atom stereocenters. The Balaban J connectivity index is 1.30. The van der Waals surface area contributed by atoms with Gasteiger partial charge in [-0.25, -0.2) is 4.98 Å². The Hall–Kier alpha value is -3.44. The maximum Gasteiger partial charge on any atom is 0.137 e. The molecular weight excluding hydrogens is 420 g/mol. The van der Waals surface area contributed by atoms with E-state index in [4.69, 9.17) is 9.72 Å². The van der Waals surface area contributed by atoms with E-state index in [1.54, 1.807) is 0 Å². The number of pyridine rings is 2. The normalized spacial score (nSPS) is 14.4. The minimum atomic E-state index is 0.698. The maximum atomic E-state index is 5.98. The molecule has 0 atom stereocenters. The molecule has 5 nitrogen and oxygen atoms in total. The van der Waals surface area contributed by atoms with E-state index < -0.39 is 0 Å². The summed E-state index contributed by atoms with van der Waals surface area (Å²) in [6.07, 6.45) is 5.65. The van der Waals surface area contributed by atoms with Crippen LogP contribution < -0.4 is 9.64 Å². The lowest BCUT2D eigenvalue weighted by molar-refractivity contribution is 0.271. The third-order valence-electron chi connectivity index (χ3n) is 6.62. The minimum Gasteiger partial charge on any atom is -0.494 e. The lowest BCUT2D eigenvalue weighted by atomic mass is 10.1. The number of anilines is 1. The molecule has 34 heavy (non-hydrogen) atoms. The van der Waals surface area contributed by atoms with Crippen molar-refractivity contribution in [3.8, 4) is 17.0 Å². The van der Waals surface area contributed by atoms with E-state index in [1.807, 2.05) is 12.4 Å². The van der Waals surface area contributed by atoms with Gasteiger partial charge < -0.3 is 14.5 Å². The van der Waals surface area contributed by atoms with E-state index in [-0.39, 0.29) is 0 Å². The smallest absolute Gasteiger partial charge is 0.137 e. The Bertz CT molecular complexity index is 1200. The molecule has 0 N–H and O–H groups in total. The number of rotatable bonds is 8. The predicted octanol–water partition coefficient (Wildman–Crippen LogP) is 5.45. The molecule has 4 aromatic rings. The molecule has 1 aliphatic heterocycles. The zero-order chi connectivity index (χ0) is 23.2. The fourth-order valence-corrected chi connectivity index (χ4v) is 4.58. The monoisotopic (exact) mass is 452 g/mol. The van der Waals surface area contributed by atoms with Gasteiger partial charge in [-0.2, -0.15) is 0 Å². The molecule has 0 aliphatic carbocycles. The Labute approximate surface area is 202 Å². The minimum absolute atomic E-state index is 0.698. The molecule has 2 aromatic carbocycles. The second-order valence-corrected chi connectivity index (χ2v) is 8.81. The number of hydrogen-bond acceptors (Lipinski definition) is 5. The fourth-order valence-electron chi connectivity index (χ4n) is 4.58. The van der Waals surface area contributed by atoms with Crippen molar-refractivity contribution in [1.82, 2.24) is 14.9 Å². The topological polar surface area (TPSA) is 41.5 Å². The Morgan fingerprint density at radius 3 is 2.41 bits per heavy atom. The van der Waals surface area contributed by atoms with Crippen molar-refractivity contribution in [2.45, 2.75) is 19.8 Å². The lowest BCUT2D eigenvalue weighted by Gasteiger charge is -2.35. The molecule has 0 radical (unpaired) electrons. The number of benzene rings is 2. The van der Waals surface area contributed by atoms with Crippen LogP contribution in [0.25, 0.3) is 22.0 Å². The van der Waals surface area contributed by atoms with E-state index in [9.17, 15) is 0 Å². The van der Waals surface area contributed by atoms with Crippen molar-refractivity contribution in [1.29, 1.82) is 0 Å². The first kappa shape index (κ1) is 22.4. The Morgan fingerprint density at radius 1 is 0.882 bits per heavy atom. The molecule has 1 saturated heterocycles. The highest BCUT2D eigenvalue weighted by atomic mass is 16.5. The quantitative estimate of drug-likeness (QED) is 0.333. The zero-order valence-corrected chi connectivity index (χ0v) is 19.9. The van der Waals surface area contributed by atoms with Crippen LogP contribution >= 0.6 is 0 Å². The summed E-state index contributed by atoms with van der Waals surface area (Å²) in [4.78, 5) is 14.2. The van der Waals surface area contributed by atoms with Gasteiger partial charge in [0.15, 0.2) is 0 Å². The van der Waals surface area contributed by atoms with Crippen molar-refractivity contribution < 1.29 is 4.74 Å². The molecule has 5 heteroatoms. The highest BCUT2D eigenvalue weighted by Gasteiger charge is 2.19. The van der Waals surface area contributed by atoms with Gasteiger partial charge in [-0.3, -0.25) is 4.98 Å². The summed E-state index contributed by atoms with van der Waals surface area (Å²) < 4.78 is 5.98. The number of nitrogens with zero attached hydrogens (tertiary/aromatic N) is 4. The van der Waals surface area contributed by atoms with Crippen LogP contribution in [0.1, 0.15) is 18.9 Å². The van der Waals surface area contributed by atoms with Gasteiger partial charge in [-0.05, 0) is 72.8 Å². The molecule has 0 amide bonds. The molecule has 174 valence electrons. The van der Waals surface area contributed by atoms with Gasteiger partial charge in [-0.15, -0.1) is 0 Å². The van der Waals surface area contributed by atoms with Crippen molar-refractivity contribution in [3.05, 3.63) is 84.7 Å². The van der Waals surface area contributed by atoms with Crippen molar-refractivity contribution >= 4 is 16.6 Å². The summed E-state index contributed by atoms with van der Waals surface area (Å²) in [6.45, 7) is 8.25. The average Bonchev–Trinajstić information content (AvgIpc) is 2.91. The van der Waals surface area contributed by atoms with E-state index in [2.05, 4.69) is 88.4 Å². The first-order chi connectivity index (χ1) is 16.8. The van der Waals surface area contributed by atoms with Crippen LogP contribution in [-0.2, 0) is 6.42 Å². The van der Waals surface area contributed by atoms with Crippen molar-refractivity contribution in [2.75, 3.05) is 44.2 Å². The van der Waals surface area contributed by atoms with Crippen LogP contribution in [0.4, 0.5) is 5.82 Å². The third-order valence-corrected chi connectivity index (χ3v) is 6.62. The Kier molecular flexibility index (Phi) is 7.01. The van der Waals surface area contributed by atoms with E-state index in [0.29, 0.717) is 6.61 Å². The number of fused-ring (bicyclic) bond motifs is 1. The van der Waals surface area contributed by atoms with E-state index in [0.717, 1.165) is 68.4 Å². The second-order valence-electron chi connectivity index (χ2n) is 8.81. The summed E-state index contributed by atoms with van der Waals surface area (Å²) >= 11 is 0. The number of aromatic nitrogens is 2. The van der Waals surface area contributed by atoms with Gasteiger partial charge in [0.2, 0.25) is 0 Å². The highest BCUT2D eigenvalue weighted by Crippen LogP contribution is 2.31. The summed E-state index contributed by atoms with van der Waals surface area (Å²) in [5.41, 5.74) is 3.42. The van der Waals surface area contributed by atoms with Crippen LogP contribution in [0, 0.1) is 0 Å². The lowest BCUT2D eigenvalue weighted by Crippen LogP contribution is -2.46. The van der Waals surface area contributed by atoms with Gasteiger partial charge in [0.1, 0.15) is 11.6 Å². The van der Waals surface area contributed by atoms with Crippen LogP contribution in [0.3, 0.4) is 0 Å². The number of likely N-dealkylation sites (N-methyl/N-ethyl adjacent to an activating group) is 1. The zero-order valence-electron chi connectivity index (χ0n) is 19.9. The van der Waals surface area contributed by atoms with Crippen LogP contribution in [0.15, 0.2) is 79.1 Å². The average molecular weight is 453 g/mol. The van der Waals surface area contributed by atoms with E-state index in [1.165, 1.54) is 16.3 Å². The van der Waals surface area contributed by atoms with Crippen LogP contribution in [0.2, 0.25) is 0 Å². The maximum absolute atomic E-state index is 5.98. The largest absolute Gasteiger partial charge is 0.494 e. The van der Waals surface area contributed by atoms with Crippen molar-refractivity contribution in [2.24, 2.45) is 0 Å². The SMILES string of the molecule is CCN1CCN(c2nc(-c3ccc(OCCCc4ccncc4)cc3)cc3ccccc23)CC1. The fraction of sp³-hybridized carbons (Fsp3) is 0.310. The molecule has 0 saturated carbocycles. The second kappa shape index (κ2) is 10.7. The first-order valence-electron chi connectivity index (χ1n) is 12.3. The van der Waals surface area contributed by atoms with Gasteiger partial charge in [-0.1, -0.05) is 31.2 Å². The summed E-state index contributed by atoms with van der Waals surface area (Å²) in [6, 6.07) is 23.3. The third kappa shape index (κ3) is 5.20. The summed E-state index contributed by atoms with van der Waals surface area (Å²) in [5, 5.41) is 2.46. The first-order valence-corrected chi connectivity index (χ1v) is 12.3. The molecule has 2 aromatic heterocycles. The molecule has 0 spiro atoms. The molecule has 1 fully saturated rings. The molecule has 1 aliphatic rings. The summed E-state index contributed by atoms with van der Waals surface area (Å²) in [5.74, 6) is 2.00. The molecule has 3 heterocycles. The number of ether oxygens (including phenoxy) is 1. The Morgan fingerprint density at radius 2 is 1.65 bits per heavy atom. The molecule has 5 rings (SSSR count). The number of hydrogen-bond donors (Lipinski definition) is 0. The van der Waals surface area contributed by atoms with Crippen LogP contribution in [0.5, 0.6) is 5.75 Å². The standard InChI is InChI=1S/C29H32N4O/c1-2-32-17-19-33(20-18-32)29-27-8-4-3-7-25(27)22-28(31-29)24-9-11-26(12-10-24)34-21-5-6-23-13-15-30-16-14-23/h3-4,7-16,22H,2,5-6,17-21H2,1H3. The predicted molar refractivity (Wildman–Crippen MR) is 140 cm³/mol. The van der Waals surface area contributed by atoms with Crippen LogP contribution in [-0.4, -0.2) is 54.2 Å². The van der Waals surface area contributed by atoms with Gasteiger partial charge >= 0.3 is 0 Å².